The third-order valence-electron chi connectivity index (χ3n) is 2.58. The fourth-order valence-electron chi connectivity index (χ4n) is 1.59. The Morgan fingerprint density at radius 1 is 1.15 bits per heavy atom. The Balaban J connectivity index is 2.29. The quantitative estimate of drug-likeness (QED) is 0.597. The van der Waals surface area contributed by atoms with Crippen LogP contribution in [-0.4, -0.2) is 19.8 Å². The molecule has 1 aromatic heterocycles. The zero-order chi connectivity index (χ0) is 14.9. The average molecular weight is 504 g/mol. The first-order valence-electron chi connectivity index (χ1n) is 5.45. The molecule has 0 saturated carbocycles. The summed E-state index contributed by atoms with van der Waals surface area (Å²) in [7, 11) is -1.94. The number of benzene rings is 1. The van der Waals surface area contributed by atoms with E-state index in [-0.39, 0.29) is 4.90 Å². The maximum Gasteiger partial charge on any atom is 0.244 e. The van der Waals surface area contributed by atoms with Gasteiger partial charge in [-0.3, -0.25) is 0 Å². The second-order valence-electron chi connectivity index (χ2n) is 4.07. The van der Waals surface area contributed by atoms with Gasteiger partial charge in [0, 0.05) is 37.3 Å². The van der Waals surface area contributed by atoms with Gasteiger partial charge in [-0.15, -0.1) is 11.3 Å². The van der Waals surface area contributed by atoms with Crippen LogP contribution in [0.1, 0.15) is 4.88 Å². The second kappa shape index (κ2) is 6.58. The van der Waals surface area contributed by atoms with Gasteiger partial charge >= 0.3 is 0 Å². The molecule has 8 heteroatoms. The van der Waals surface area contributed by atoms with Crippen LogP contribution >= 0.6 is 59.1 Å². The highest BCUT2D eigenvalue weighted by Gasteiger charge is 2.23. The lowest BCUT2D eigenvalue weighted by atomic mass is 10.4. The summed E-state index contributed by atoms with van der Waals surface area (Å²) < 4.78 is 28.8. The maximum atomic E-state index is 12.5. The molecule has 0 aliphatic heterocycles. The van der Waals surface area contributed by atoms with Gasteiger partial charge in [0.2, 0.25) is 10.0 Å². The molecular formula is C12H10Br3NO2S2. The van der Waals surface area contributed by atoms with E-state index in [0.717, 1.165) is 13.8 Å². The lowest BCUT2D eigenvalue weighted by molar-refractivity contribution is 0.469. The third kappa shape index (κ3) is 3.72. The van der Waals surface area contributed by atoms with E-state index in [9.17, 15) is 8.42 Å². The molecule has 2 rings (SSSR count). The molecule has 0 N–H and O–H groups in total. The van der Waals surface area contributed by atoms with Crippen LogP contribution in [0.3, 0.4) is 0 Å². The molecule has 0 fully saturated rings. The van der Waals surface area contributed by atoms with E-state index in [1.807, 2.05) is 11.4 Å². The van der Waals surface area contributed by atoms with Crippen molar-refractivity contribution >= 4 is 69.1 Å². The van der Waals surface area contributed by atoms with Crippen molar-refractivity contribution in [3.05, 3.63) is 47.9 Å². The first kappa shape index (κ1) is 16.6. The summed E-state index contributed by atoms with van der Waals surface area (Å²) in [6, 6.07) is 6.95. The fourth-order valence-corrected chi connectivity index (χ4v) is 6.03. The minimum absolute atomic E-state index is 0.263. The molecule has 0 unspecified atom stereocenters. The largest absolute Gasteiger partial charge is 0.244 e. The molecule has 0 aliphatic carbocycles. The molecule has 1 heterocycles. The molecule has 0 radical (unpaired) electrons. The normalized spacial score (nSPS) is 12.1. The van der Waals surface area contributed by atoms with E-state index >= 15 is 0 Å². The van der Waals surface area contributed by atoms with E-state index in [1.165, 1.54) is 15.6 Å². The Morgan fingerprint density at radius 2 is 1.85 bits per heavy atom. The molecule has 108 valence electrons. The summed E-state index contributed by atoms with van der Waals surface area (Å²) >= 11 is 11.5. The van der Waals surface area contributed by atoms with E-state index in [1.54, 1.807) is 25.2 Å². The van der Waals surface area contributed by atoms with Gasteiger partial charge in [0.15, 0.2) is 0 Å². The molecule has 0 atom stereocenters. The number of sulfonamides is 1. The predicted molar refractivity (Wildman–Crippen MR) is 92.5 cm³/mol. The van der Waals surface area contributed by atoms with Crippen LogP contribution < -0.4 is 0 Å². The van der Waals surface area contributed by atoms with Gasteiger partial charge in [0.1, 0.15) is 0 Å². The highest BCUT2D eigenvalue weighted by Crippen LogP contribution is 2.29. The summed E-state index contributed by atoms with van der Waals surface area (Å²) in [6.07, 6.45) is 0. The number of rotatable bonds is 4. The molecule has 20 heavy (non-hydrogen) atoms. The number of hydrogen-bond acceptors (Lipinski definition) is 3. The van der Waals surface area contributed by atoms with Crippen molar-refractivity contribution in [3.63, 3.8) is 0 Å². The molecule has 2 aromatic rings. The zero-order valence-electron chi connectivity index (χ0n) is 10.3. The Kier molecular flexibility index (Phi) is 5.47. The van der Waals surface area contributed by atoms with Gasteiger partial charge in [-0.1, -0.05) is 15.9 Å². The third-order valence-corrected chi connectivity index (χ3v) is 7.54. The van der Waals surface area contributed by atoms with Gasteiger partial charge in [-0.2, -0.15) is 4.31 Å². The first-order valence-corrected chi connectivity index (χ1v) is 10.1. The Labute approximate surface area is 147 Å². The summed E-state index contributed by atoms with van der Waals surface area (Å²) in [4.78, 5) is 1.25. The number of thiophene rings is 1. The number of hydrogen-bond donors (Lipinski definition) is 0. The Bertz CT molecular complexity index is 728. The minimum Gasteiger partial charge on any atom is -0.207 e. The fraction of sp³-hybridized carbons (Fsp3) is 0.167. The van der Waals surface area contributed by atoms with Crippen molar-refractivity contribution < 1.29 is 8.42 Å². The average Bonchev–Trinajstić information content (AvgIpc) is 2.74. The highest BCUT2D eigenvalue weighted by atomic mass is 79.9. The van der Waals surface area contributed by atoms with Crippen molar-refractivity contribution in [2.75, 3.05) is 7.05 Å². The number of nitrogens with zero attached hydrogens (tertiary/aromatic N) is 1. The Morgan fingerprint density at radius 3 is 2.40 bits per heavy atom. The monoisotopic (exact) mass is 501 g/mol. The van der Waals surface area contributed by atoms with Crippen LogP contribution in [0.5, 0.6) is 0 Å². The van der Waals surface area contributed by atoms with Crippen LogP contribution in [0.25, 0.3) is 0 Å². The van der Waals surface area contributed by atoms with Crippen molar-refractivity contribution in [2.45, 2.75) is 11.4 Å². The molecular weight excluding hydrogens is 494 g/mol. The van der Waals surface area contributed by atoms with Crippen molar-refractivity contribution in [1.82, 2.24) is 4.31 Å². The van der Waals surface area contributed by atoms with Gasteiger partial charge in [0.05, 0.1) is 4.90 Å². The highest BCUT2D eigenvalue weighted by molar-refractivity contribution is 9.11. The Hall–Kier alpha value is 0.270. The van der Waals surface area contributed by atoms with Crippen molar-refractivity contribution in [2.24, 2.45) is 0 Å². The maximum absolute atomic E-state index is 12.5. The minimum atomic E-state index is -3.52. The van der Waals surface area contributed by atoms with Crippen LogP contribution in [-0.2, 0) is 16.6 Å². The summed E-state index contributed by atoms with van der Waals surface area (Å²) in [5.41, 5.74) is 0. The predicted octanol–water partition coefficient (Wildman–Crippen LogP) is 4.86. The lowest BCUT2D eigenvalue weighted by Crippen LogP contribution is -2.26. The smallest absolute Gasteiger partial charge is 0.207 e. The van der Waals surface area contributed by atoms with Crippen molar-refractivity contribution in [1.29, 1.82) is 0 Å². The molecule has 0 amide bonds. The van der Waals surface area contributed by atoms with E-state index in [0.29, 0.717) is 11.0 Å². The molecule has 3 nitrogen and oxygen atoms in total. The molecule has 0 spiro atoms. The van der Waals surface area contributed by atoms with Crippen LogP contribution in [0, 0.1) is 0 Å². The van der Waals surface area contributed by atoms with Gasteiger partial charge < -0.3 is 0 Å². The van der Waals surface area contributed by atoms with Gasteiger partial charge in [-0.05, 0) is 56.1 Å². The van der Waals surface area contributed by atoms with Crippen LogP contribution in [0.15, 0.2) is 48.0 Å². The molecule has 1 aromatic carbocycles. The van der Waals surface area contributed by atoms with E-state index < -0.39 is 10.0 Å². The number of halogens is 3. The van der Waals surface area contributed by atoms with Crippen LogP contribution in [0.4, 0.5) is 0 Å². The van der Waals surface area contributed by atoms with E-state index in [4.69, 9.17) is 0 Å². The van der Waals surface area contributed by atoms with Crippen LogP contribution in [0.2, 0.25) is 0 Å². The molecule has 0 bridgehead atoms. The molecule has 0 aliphatic rings. The van der Waals surface area contributed by atoms with Crippen molar-refractivity contribution in [3.8, 4) is 0 Å². The van der Waals surface area contributed by atoms with Gasteiger partial charge in [0.25, 0.3) is 0 Å². The molecule has 0 saturated heterocycles. The summed E-state index contributed by atoms with van der Waals surface area (Å²) in [6.45, 7) is 0.348. The first-order chi connectivity index (χ1) is 9.30. The standard InChI is InChI=1S/C12H10Br3NO2S2/c1-16(6-10-4-9(14)7-19-10)20(17,18)12-3-2-8(13)5-11(12)15/h2-5,7H,6H2,1H3. The SMILES string of the molecule is CN(Cc1cc(Br)cs1)S(=O)(=O)c1ccc(Br)cc1Br. The summed E-state index contributed by atoms with van der Waals surface area (Å²) in [5.74, 6) is 0. The topological polar surface area (TPSA) is 37.4 Å². The van der Waals surface area contributed by atoms with E-state index in [2.05, 4.69) is 47.8 Å². The van der Waals surface area contributed by atoms with Gasteiger partial charge in [-0.25, -0.2) is 8.42 Å². The zero-order valence-corrected chi connectivity index (χ0v) is 16.7. The lowest BCUT2D eigenvalue weighted by Gasteiger charge is -2.17. The second-order valence-corrected chi connectivity index (χ2v) is 9.76. The summed E-state index contributed by atoms with van der Waals surface area (Å²) in [5, 5.41) is 1.94.